The van der Waals surface area contributed by atoms with Crippen LogP contribution in [0.1, 0.15) is 31.9 Å². The van der Waals surface area contributed by atoms with Crippen molar-refractivity contribution < 1.29 is 13.7 Å². The van der Waals surface area contributed by atoms with E-state index in [9.17, 15) is 0 Å². The van der Waals surface area contributed by atoms with Crippen LogP contribution in [-0.2, 0) is 13.5 Å². The van der Waals surface area contributed by atoms with Crippen molar-refractivity contribution in [1.82, 2.24) is 4.98 Å². The zero-order chi connectivity index (χ0) is 21.5. The second-order valence-electron chi connectivity index (χ2n) is 9.91. The first kappa shape index (κ1) is 18.4. The molecule has 0 radical (unpaired) electrons. The molecular weight excluding hydrogens is 384 g/mol. The minimum absolute atomic E-state index is 0.237. The van der Waals surface area contributed by atoms with Gasteiger partial charge in [0.1, 0.15) is 16.7 Å². The number of fused-ring (bicyclic) bond motifs is 5. The van der Waals surface area contributed by atoms with Gasteiger partial charge in [0.05, 0.1) is 18.9 Å². The fourth-order valence-corrected chi connectivity index (χ4v) is 4.99. The number of aromatic nitrogens is 2. The van der Waals surface area contributed by atoms with E-state index in [0.29, 0.717) is 0 Å². The van der Waals surface area contributed by atoms with Crippen LogP contribution in [0.15, 0.2) is 53.4 Å². The predicted octanol–water partition coefficient (Wildman–Crippen LogP) is 6.63. The van der Waals surface area contributed by atoms with E-state index in [2.05, 4.69) is 62.6 Å². The highest BCUT2D eigenvalue weighted by molar-refractivity contribution is 6.11. The molecule has 2 aromatic heterocycles. The van der Waals surface area contributed by atoms with Gasteiger partial charge in [0.25, 0.3) is 6.33 Å². The average Bonchev–Trinajstić information content (AvgIpc) is 3.17. The molecule has 5 aromatic rings. The highest BCUT2D eigenvalue weighted by atomic mass is 16.5. The number of hydrogen-bond donors (Lipinski definition) is 0. The summed E-state index contributed by atoms with van der Waals surface area (Å²) >= 11 is 0. The number of rotatable bonds is 1. The van der Waals surface area contributed by atoms with Crippen molar-refractivity contribution >= 4 is 32.6 Å². The van der Waals surface area contributed by atoms with E-state index >= 15 is 0 Å². The molecule has 0 amide bonds. The molecule has 3 heterocycles. The van der Waals surface area contributed by atoms with Crippen LogP contribution in [0.5, 0.6) is 11.5 Å². The van der Waals surface area contributed by atoms with Gasteiger partial charge in [0.2, 0.25) is 0 Å². The second-order valence-corrected chi connectivity index (χ2v) is 9.91. The fourth-order valence-electron chi connectivity index (χ4n) is 4.99. The standard InChI is InChI=1S/C27H25N2O2/c1-15-22-21(12-17-8-9-30-25(15)17)31-26-19-7-6-16(13-27(2,3)4)10-18(19)11-20-23(26)24(22)29(5)14-28-20/h6-12,14H,13H2,1-5H3/q+1. The van der Waals surface area contributed by atoms with Gasteiger partial charge in [0.15, 0.2) is 17.0 Å². The SMILES string of the molecule is Cc1c2c(cc3ccoc13)Oc1c3ccc(CC(C)(C)C)cc3cc3nc[n+](C)c-2c13. The van der Waals surface area contributed by atoms with Crippen molar-refractivity contribution in [3.8, 4) is 22.8 Å². The Morgan fingerprint density at radius 1 is 1.03 bits per heavy atom. The molecule has 1 aliphatic rings. The molecular formula is C27H25N2O2+. The maximum Gasteiger partial charge on any atom is 0.287 e. The van der Waals surface area contributed by atoms with Crippen molar-refractivity contribution in [3.63, 3.8) is 0 Å². The van der Waals surface area contributed by atoms with Crippen molar-refractivity contribution in [2.75, 3.05) is 0 Å². The summed E-state index contributed by atoms with van der Waals surface area (Å²) in [4.78, 5) is 4.75. The fraction of sp³-hybridized carbons (Fsp3) is 0.259. The number of nitrogens with zero attached hydrogens (tertiary/aromatic N) is 2. The highest BCUT2D eigenvalue weighted by Crippen LogP contribution is 2.50. The van der Waals surface area contributed by atoms with Gasteiger partial charge in [-0.25, -0.2) is 4.57 Å². The maximum absolute atomic E-state index is 6.62. The van der Waals surface area contributed by atoms with Crippen LogP contribution < -0.4 is 9.30 Å². The summed E-state index contributed by atoms with van der Waals surface area (Å²) in [5.74, 6) is 1.76. The minimum Gasteiger partial charge on any atom is -0.464 e. The number of aryl methyl sites for hydroxylation is 2. The highest BCUT2D eigenvalue weighted by Gasteiger charge is 2.31. The third kappa shape index (κ3) is 2.67. The molecule has 4 nitrogen and oxygen atoms in total. The van der Waals surface area contributed by atoms with E-state index in [0.717, 1.165) is 62.0 Å². The molecule has 0 unspecified atom stereocenters. The van der Waals surface area contributed by atoms with E-state index in [1.807, 2.05) is 19.4 Å². The largest absolute Gasteiger partial charge is 0.464 e. The van der Waals surface area contributed by atoms with Gasteiger partial charge in [-0.3, -0.25) is 0 Å². The Morgan fingerprint density at radius 2 is 1.87 bits per heavy atom. The molecule has 0 fully saturated rings. The first-order valence-electron chi connectivity index (χ1n) is 10.7. The van der Waals surface area contributed by atoms with Gasteiger partial charge in [-0.15, -0.1) is 0 Å². The summed E-state index contributed by atoms with van der Waals surface area (Å²) in [5, 5.41) is 4.40. The topological polar surface area (TPSA) is 39.1 Å². The molecule has 4 heteroatoms. The van der Waals surface area contributed by atoms with Crippen LogP contribution in [0.25, 0.3) is 43.9 Å². The van der Waals surface area contributed by atoms with Crippen LogP contribution in [-0.4, -0.2) is 4.98 Å². The average molecular weight is 410 g/mol. The van der Waals surface area contributed by atoms with Crippen LogP contribution in [0.4, 0.5) is 0 Å². The molecule has 0 N–H and O–H groups in total. The maximum atomic E-state index is 6.62. The normalized spacial score (nSPS) is 13.1. The van der Waals surface area contributed by atoms with E-state index in [1.54, 1.807) is 6.26 Å². The van der Waals surface area contributed by atoms with Crippen LogP contribution in [0.2, 0.25) is 0 Å². The number of hydrogen-bond acceptors (Lipinski definition) is 3. The summed E-state index contributed by atoms with van der Waals surface area (Å²) in [7, 11) is 2.04. The molecule has 0 spiro atoms. The van der Waals surface area contributed by atoms with Crippen LogP contribution in [0.3, 0.4) is 0 Å². The summed E-state index contributed by atoms with van der Waals surface area (Å²) in [6.45, 7) is 8.92. The second kappa shape index (κ2) is 6.07. The third-order valence-corrected chi connectivity index (χ3v) is 6.22. The van der Waals surface area contributed by atoms with Crippen molar-refractivity contribution in [2.45, 2.75) is 34.1 Å². The van der Waals surface area contributed by atoms with Crippen molar-refractivity contribution in [3.05, 3.63) is 60.1 Å². The lowest BCUT2D eigenvalue weighted by molar-refractivity contribution is -0.662. The monoisotopic (exact) mass is 409 g/mol. The van der Waals surface area contributed by atoms with E-state index in [1.165, 1.54) is 10.9 Å². The first-order valence-corrected chi connectivity index (χ1v) is 10.7. The Hall–Kier alpha value is -3.40. The first-order chi connectivity index (χ1) is 14.8. The predicted molar refractivity (Wildman–Crippen MR) is 124 cm³/mol. The smallest absolute Gasteiger partial charge is 0.287 e. The zero-order valence-electron chi connectivity index (χ0n) is 18.5. The number of ether oxygens (including phenoxy) is 1. The van der Waals surface area contributed by atoms with E-state index in [-0.39, 0.29) is 5.41 Å². The van der Waals surface area contributed by atoms with Gasteiger partial charge >= 0.3 is 0 Å². The van der Waals surface area contributed by atoms with Gasteiger partial charge in [-0.2, -0.15) is 0 Å². The molecule has 0 saturated carbocycles. The minimum atomic E-state index is 0.237. The number of furan rings is 1. The summed E-state index contributed by atoms with van der Waals surface area (Å²) in [6.07, 6.45) is 4.66. The zero-order valence-corrected chi connectivity index (χ0v) is 18.5. The lowest BCUT2D eigenvalue weighted by atomic mass is 9.87. The molecule has 1 aliphatic heterocycles. The molecule has 0 saturated heterocycles. The van der Waals surface area contributed by atoms with Gasteiger partial charge in [-0.1, -0.05) is 39.0 Å². The quantitative estimate of drug-likeness (QED) is 0.226. The third-order valence-electron chi connectivity index (χ3n) is 6.22. The lowest BCUT2D eigenvalue weighted by Gasteiger charge is -2.23. The lowest BCUT2D eigenvalue weighted by Crippen LogP contribution is -2.32. The molecule has 31 heavy (non-hydrogen) atoms. The van der Waals surface area contributed by atoms with Crippen molar-refractivity contribution in [1.29, 1.82) is 0 Å². The Labute approximate surface area is 181 Å². The molecule has 3 aromatic carbocycles. The molecule has 0 atom stereocenters. The number of benzene rings is 3. The van der Waals surface area contributed by atoms with E-state index < -0.39 is 0 Å². The van der Waals surface area contributed by atoms with Gasteiger partial charge in [0, 0.05) is 16.3 Å². The molecule has 0 bridgehead atoms. The Morgan fingerprint density at radius 3 is 2.68 bits per heavy atom. The Bertz CT molecular complexity index is 1540. The Kier molecular flexibility index (Phi) is 3.60. The summed E-state index contributed by atoms with van der Waals surface area (Å²) in [6, 6.07) is 13.0. The molecule has 6 rings (SSSR count). The van der Waals surface area contributed by atoms with Crippen LogP contribution >= 0.6 is 0 Å². The molecule has 0 aliphatic carbocycles. The Balaban J connectivity index is 1.70. The van der Waals surface area contributed by atoms with E-state index in [4.69, 9.17) is 14.1 Å². The van der Waals surface area contributed by atoms with Gasteiger partial charge < -0.3 is 9.15 Å². The summed E-state index contributed by atoms with van der Waals surface area (Å²) in [5.41, 5.74) is 6.72. The summed E-state index contributed by atoms with van der Waals surface area (Å²) < 4.78 is 14.5. The molecule has 154 valence electrons. The van der Waals surface area contributed by atoms with Crippen LogP contribution in [0, 0.1) is 12.3 Å². The van der Waals surface area contributed by atoms with Crippen molar-refractivity contribution in [2.24, 2.45) is 12.5 Å². The van der Waals surface area contributed by atoms with Gasteiger partial charge in [-0.05, 0) is 52.9 Å².